The fourth-order valence-electron chi connectivity index (χ4n) is 6.18. The number of aromatic amines is 3. The molecule has 10 rings (SSSR count). The van der Waals surface area contributed by atoms with Crippen molar-refractivity contribution in [2.75, 3.05) is 0 Å². The lowest BCUT2D eigenvalue weighted by atomic mass is 10.2. The maximum absolute atomic E-state index is 9.06. The fraction of sp³-hybridized carbons (Fsp3) is 0.205. The average molecular weight is 733 g/mol. The summed E-state index contributed by atoms with van der Waals surface area (Å²) in [5.41, 5.74) is 13.2. The lowest BCUT2D eigenvalue weighted by Crippen LogP contribution is -1.91. The van der Waals surface area contributed by atoms with Gasteiger partial charge < -0.3 is 29.2 Å². The van der Waals surface area contributed by atoms with E-state index >= 15 is 0 Å². The van der Waals surface area contributed by atoms with E-state index in [1.165, 1.54) is 55.7 Å². The van der Waals surface area contributed by atoms with Crippen LogP contribution in [0, 0.1) is 48.5 Å². The number of nitrogens with one attached hydrogen (secondary N) is 3. The van der Waals surface area contributed by atoms with Gasteiger partial charge in [0.2, 0.25) is 0 Å². The number of rotatable bonds is 0. The lowest BCUT2D eigenvalue weighted by Gasteiger charge is -1.97. The summed E-state index contributed by atoms with van der Waals surface area (Å²) in [5, 5.41) is 14.8. The van der Waals surface area contributed by atoms with E-state index in [-0.39, 0.29) is 5.75 Å². The second-order valence-electron chi connectivity index (χ2n) is 14.0. The smallest absolute Gasteiger partial charge is 0.139 e. The molecule has 0 aromatic carbocycles. The van der Waals surface area contributed by atoms with Crippen LogP contribution < -0.4 is 0 Å². The van der Waals surface area contributed by atoms with Gasteiger partial charge in [-0.1, -0.05) is 0 Å². The molecule has 10 aromatic rings. The van der Waals surface area contributed by atoms with Gasteiger partial charge in [-0.2, -0.15) is 0 Å². The van der Waals surface area contributed by atoms with Crippen LogP contribution in [0.4, 0.5) is 0 Å². The molecule has 0 spiro atoms. The van der Waals surface area contributed by atoms with Crippen LogP contribution in [0.25, 0.3) is 55.2 Å². The molecular weight excluding hydrogens is 685 g/mol. The standard InChI is InChI=1S/C10H12N2.2C9H10N2.C8H8N2O.C8H8N2/c1-7-4-9-5-8(2)12(3)10(9)11-6-7;1-6-3-8-4-7(2)11-9(8)10-5-6;1-7-5-8-3-4-11(2)9(8)10-6-7;1-5-2-6-3-7(11)4-9-8(6)10-5;1-6-4-7-2-3-9-8(7)10-5-6/h4-6H,1-3H3;3-5H,1-2H3,(H,10,11);3-6H,1-2H3;2-4,11H,1H3,(H,9,10);2-5H,1H3,(H,9,10). The summed E-state index contributed by atoms with van der Waals surface area (Å²) in [4.78, 5) is 30.4. The van der Waals surface area contributed by atoms with Gasteiger partial charge in [0, 0.05) is 95.3 Å². The van der Waals surface area contributed by atoms with Crippen molar-refractivity contribution in [3.63, 3.8) is 0 Å². The molecule has 0 aliphatic rings. The molecule has 0 unspecified atom stereocenters. The van der Waals surface area contributed by atoms with Crippen LogP contribution >= 0.6 is 0 Å². The monoisotopic (exact) mass is 732 g/mol. The molecule has 0 atom stereocenters. The quantitative estimate of drug-likeness (QED) is 0.122. The Balaban J connectivity index is 0.000000117. The van der Waals surface area contributed by atoms with Gasteiger partial charge in [0.25, 0.3) is 0 Å². The van der Waals surface area contributed by atoms with Gasteiger partial charge in [0.15, 0.2) is 0 Å². The number of aromatic nitrogens is 10. The maximum Gasteiger partial charge on any atom is 0.139 e. The van der Waals surface area contributed by atoms with E-state index in [2.05, 4.69) is 115 Å². The Bertz CT molecular complexity index is 2760. The first-order valence-corrected chi connectivity index (χ1v) is 18.1. The number of H-pyrrole nitrogens is 3. The molecule has 11 nitrogen and oxygen atoms in total. The zero-order valence-electron chi connectivity index (χ0n) is 32.9. The SMILES string of the molecule is Cc1cc2cc(O)cnc2[nH]1.Cc1cnc2[nH]c(C)cc2c1.Cc1cnc2[nH]ccc2c1.Cc1cnc2c(c1)cc(C)n2C.Cc1cnc2c(ccn2C)c1. The Labute approximate surface area is 320 Å². The van der Waals surface area contributed by atoms with Crippen molar-refractivity contribution in [1.29, 1.82) is 0 Å². The Hall–Kier alpha value is -6.75. The molecule has 11 heteroatoms. The van der Waals surface area contributed by atoms with Gasteiger partial charge in [-0.05, 0) is 131 Å². The highest BCUT2D eigenvalue weighted by atomic mass is 16.3. The summed E-state index contributed by atoms with van der Waals surface area (Å²) in [6.45, 7) is 14.3. The summed E-state index contributed by atoms with van der Waals surface area (Å²) in [6, 6.07) is 20.5. The van der Waals surface area contributed by atoms with Gasteiger partial charge in [0.1, 0.15) is 34.0 Å². The molecule has 0 amide bonds. The van der Waals surface area contributed by atoms with Gasteiger partial charge in [0.05, 0.1) is 6.20 Å². The van der Waals surface area contributed by atoms with E-state index < -0.39 is 0 Å². The second kappa shape index (κ2) is 16.5. The van der Waals surface area contributed by atoms with Crippen LogP contribution in [0.5, 0.6) is 5.75 Å². The zero-order valence-corrected chi connectivity index (χ0v) is 32.9. The van der Waals surface area contributed by atoms with Crippen LogP contribution in [0.2, 0.25) is 0 Å². The van der Waals surface area contributed by atoms with E-state index in [4.69, 9.17) is 5.11 Å². The van der Waals surface area contributed by atoms with E-state index in [9.17, 15) is 0 Å². The normalized spacial score (nSPS) is 10.7. The number of hydrogen-bond acceptors (Lipinski definition) is 6. The molecule has 0 radical (unpaired) electrons. The molecule has 0 bridgehead atoms. The summed E-state index contributed by atoms with van der Waals surface area (Å²) in [6.07, 6.45) is 12.9. The number of nitrogens with zero attached hydrogens (tertiary/aromatic N) is 7. The van der Waals surface area contributed by atoms with Crippen molar-refractivity contribution in [2.45, 2.75) is 48.5 Å². The van der Waals surface area contributed by atoms with Gasteiger partial charge in [-0.3, -0.25) is 0 Å². The topological polar surface area (TPSA) is 142 Å². The molecule has 0 aliphatic heterocycles. The highest BCUT2D eigenvalue weighted by molar-refractivity contribution is 5.79. The third-order valence-corrected chi connectivity index (χ3v) is 8.96. The Morgan fingerprint density at radius 3 is 1.65 bits per heavy atom. The summed E-state index contributed by atoms with van der Waals surface area (Å²) in [7, 11) is 4.05. The highest BCUT2D eigenvalue weighted by Crippen LogP contribution is 2.18. The summed E-state index contributed by atoms with van der Waals surface area (Å²) in [5.74, 6) is 0.205. The first kappa shape index (κ1) is 38.0. The van der Waals surface area contributed by atoms with Crippen LogP contribution in [0.15, 0.2) is 104 Å². The van der Waals surface area contributed by atoms with Crippen molar-refractivity contribution in [3.05, 3.63) is 143 Å². The molecule has 0 fully saturated rings. The van der Waals surface area contributed by atoms with Crippen molar-refractivity contribution in [2.24, 2.45) is 14.1 Å². The van der Waals surface area contributed by atoms with E-state index in [0.717, 1.165) is 45.0 Å². The molecule has 10 aromatic heterocycles. The third-order valence-electron chi connectivity index (χ3n) is 8.96. The van der Waals surface area contributed by atoms with E-state index in [1.54, 1.807) is 6.07 Å². The minimum atomic E-state index is 0.205. The molecule has 280 valence electrons. The molecule has 55 heavy (non-hydrogen) atoms. The minimum Gasteiger partial charge on any atom is -0.506 e. The van der Waals surface area contributed by atoms with Crippen LogP contribution in [-0.2, 0) is 14.1 Å². The Morgan fingerprint density at radius 2 is 1.00 bits per heavy atom. The molecular formula is C44H48N10O. The zero-order chi connectivity index (χ0) is 39.2. The number of fused-ring (bicyclic) bond motifs is 5. The number of hydrogen-bond donors (Lipinski definition) is 4. The summed E-state index contributed by atoms with van der Waals surface area (Å²) >= 11 is 0. The van der Waals surface area contributed by atoms with Crippen molar-refractivity contribution >= 4 is 55.2 Å². The van der Waals surface area contributed by atoms with Crippen molar-refractivity contribution in [3.8, 4) is 5.75 Å². The first-order valence-electron chi connectivity index (χ1n) is 18.1. The van der Waals surface area contributed by atoms with Crippen LogP contribution in [0.1, 0.15) is 39.3 Å². The lowest BCUT2D eigenvalue weighted by molar-refractivity contribution is 0.474. The van der Waals surface area contributed by atoms with Gasteiger partial charge in [-0.25, -0.2) is 24.9 Å². The Kier molecular flexibility index (Phi) is 11.4. The van der Waals surface area contributed by atoms with E-state index in [1.807, 2.05) is 88.7 Å². The van der Waals surface area contributed by atoms with Crippen LogP contribution in [-0.4, -0.2) is 54.1 Å². The molecule has 0 saturated heterocycles. The number of aryl methyl sites for hydroxylation is 9. The fourth-order valence-corrected chi connectivity index (χ4v) is 6.18. The Morgan fingerprint density at radius 1 is 0.491 bits per heavy atom. The highest BCUT2D eigenvalue weighted by Gasteiger charge is 2.03. The predicted molar refractivity (Wildman–Crippen MR) is 225 cm³/mol. The number of pyridine rings is 5. The first-order chi connectivity index (χ1) is 26.3. The molecule has 0 aliphatic carbocycles. The second-order valence-corrected chi connectivity index (χ2v) is 14.0. The third kappa shape index (κ3) is 9.44. The predicted octanol–water partition coefficient (Wildman–Crippen LogP) is 9.70. The minimum absolute atomic E-state index is 0.205. The average Bonchev–Trinajstić information content (AvgIpc) is 3.97. The van der Waals surface area contributed by atoms with Crippen molar-refractivity contribution < 1.29 is 5.11 Å². The van der Waals surface area contributed by atoms with Crippen molar-refractivity contribution in [1.82, 2.24) is 49.0 Å². The largest absolute Gasteiger partial charge is 0.506 e. The maximum atomic E-state index is 9.06. The van der Waals surface area contributed by atoms with Gasteiger partial charge >= 0.3 is 0 Å². The van der Waals surface area contributed by atoms with Crippen LogP contribution in [0.3, 0.4) is 0 Å². The van der Waals surface area contributed by atoms with E-state index in [0.29, 0.717) is 0 Å². The molecule has 10 heterocycles. The molecule has 0 saturated carbocycles. The van der Waals surface area contributed by atoms with Gasteiger partial charge in [-0.15, -0.1) is 0 Å². The molecule has 4 N–H and O–H groups in total. The number of aromatic hydroxyl groups is 1. The summed E-state index contributed by atoms with van der Waals surface area (Å²) < 4.78 is 4.13.